The molecule has 7 nitrogen and oxygen atoms in total. The number of amidine groups is 1. The van der Waals surface area contributed by atoms with E-state index in [1.54, 1.807) is 30.6 Å². The molecule has 4 N–H and O–H groups in total. The van der Waals surface area contributed by atoms with Crippen LogP contribution in [0.1, 0.15) is 16.7 Å². The first-order valence-electron chi connectivity index (χ1n) is 10.4. The lowest BCUT2D eigenvalue weighted by Gasteiger charge is -2.32. The third kappa shape index (κ3) is 4.35. The molecule has 0 bridgehead atoms. The van der Waals surface area contributed by atoms with Crippen molar-refractivity contribution < 1.29 is 13.9 Å². The molecular formula is C24H21ClFN5O2. The van der Waals surface area contributed by atoms with Crippen LogP contribution < -0.4 is 21.1 Å². The van der Waals surface area contributed by atoms with Gasteiger partial charge in [-0.15, -0.1) is 0 Å². The lowest BCUT2D eigenvalue weighted by molar-refractivity contribution is 0.305. The quantitative estimate of drug-likeness (QED) is 0.517. The van der Waals surface area contributed by atoms with Crippen LogP contribution in [0.3, 0.4) is 0 Å². The summed E-state index contributed by atoms with van der Waals surface area (Å²) in [6.07, 6.45) is 1.57. The maximum absolute atomic E-state index is 13.4. The Morgan fingerprint density at radius 1 is 1.18 bits per heavy atom. The number of nitrogens with one attached hydrogen (secondary N) is 2. The Morgan fingerprint density at radius 3 is 2.88 bits per heavy atom. The molecule has 0 fully saturated rings. The minimum Gasteiger partial charge on any atom is -0.487 e. The maximum atomic E-state index is 13.4. The number of hydrogen-bond donors (Lipinski definition) is 3. The van der Waals surface area contributed by atoms with E-state index >= 15 is 0 Å². The molecule has 5 rings (SSSR count). The number of nitrogens with zero attached hydrogens (tertiary/aromatic N) is 2. The molecule has 33 heavy (non-hydrogen) atoms. The number of nitrogens with two attached hydrogens (primary N) is 1. The SMILES string of the molecule is NC1(c2ccc(OCc3cccc(F)c3)c(Cl)c2)N=CNc2ccc(NC3=NCCO3)cc21. The second kappa shape index (κ2) is 8.73. The van der Waals surface area contributed by atoms with E-state index < -0.39 is 5.66 Å². The van der Waals surface area contributed by atoms with Crippen LogP contribution in [-0.4, -0.2) is 25.5 Å². The number of fused-ring (bicyclic) bond motifs is 1. The van der Waals surface area contributed by atoms with Gasteiger partial charge in [0.15, 0.2) is 5.66 Å². The zero-order valence-corrected chi connectivity index (χ0v) is 18.3. The Bertz CT molecular complexity index is 1270. The largest absolute Gasteiger partial charge is 0.487 e. The van der Waals surface area contributed by atoms with Gasteiger partial charge in [0.25, 0.3) is 6.02 Å². The molecule has 0 saturated carbocycles. The van der Waals surface area contributed by atoms with Crippen molar-refractivity contribution >= 4 is 35.3 Å². The van der Waals surface area contributed by atoms with Crippen LogP contribution in [0.25, 0.3) is 0 Å². The minimum atomic E-state index is -1.17. The fourth-order valence-corrected chi connectivity index (χ4v) is 3.98. The number of rotatable bonds is 5. The molecule has 0 saturated heterocycles. The third-order valence-electron chi connectivity index (χ3n) is 5.41. The van der Waals surface area contributed by atoms with Crippen LogP contribution in [0.5, 0.6) is 5.75 Å². The number of ether oxygens (including phenoxy) is 2. The average molecular weight is 466 g/mol. The Kier molecular flexibility index (Phi) is 5.62. The van der Waals surface area contributed by atoms with Gasteiger partial charge in [0, 0.05) is 22.5 Å². The van der Waals surface area contributed by atoms with Crippen LogP contribution in [0.4, 0.5) is 15.8 Å². The van der Waals surface area contributed by atoms with Crippen molar-refractivity contribution in [1.82, 2.24) is 0 Å². The van der Waals surface area contributed by atoms with Crippen LogP contribution in [0, 0.1) is 5.82 Å². The standard InChI is InChI=1S/C24H21ClFN5O2/c25-20-11-16(4-7-22(20)33-13-15-2-1-3-17(26)10-15)24(27)19-12-18(31-23-28-8-9-32-23)5-6-21(19)29-14-30-24/h1-7,10-12,14H,8-9,13,27H2,(H,28,31)(H,29,30). The molecular weight excluding hydrogens is 445 g/mol. The number of anilines is 2. The highest BCUT2D eigenvalue weighted by molar-refractivity contribution is 6.32. The second-order valence-corrected chi connectivity index (χ2v) is 8.06. The summed E-state index contributed by atoms with van der Waals surface area (Å²) in [7, 11) is 0. The zero-order chi connectivity index (χ0) is 22.8. The summed E-state index contributed by atoms with van der Waals surface area (Å²) in [6, 6.07) is 17.7. The van der Waals surface area contributed by atoms with Crippen molar-refractivity contribution in [3.05, 3.63) is 88.2 Å². The van der Waals surface area contributed by atoms with E-state index in [-0.39, 0.29) is 12.4 Å². The molecule has 3 aromatic carbocycles. The molecule has 1 unspecified atom stereocenters. The lowest BCUT2D eigenvalue weighted by atomic mass is 9.90. The van der Waals surface area contributed by atoms with Gasteiger partial charge in [0.05, 0.1) is 17.9 Å². The van der Waals surface area contributed by atoms with E-state index in [1.807, 2.05) is 24.3 Å². The van der Waals surface area contributed by atoms with Gasteiger partial charge in [-0.05, 0) is 48.0 Å². The predicted molar refractivity (Wildman–Crippen MR) is 128 cm³/mol. The fourth-order valence-electron chi connectivity index (χ4n) is 3.74. The molecule has 0 amide bonds. The van der Waals surface area contributed by atoms with Gasteiger partial charge in [-0.25, -0.2) is 14.4 Å². The minimum absolute atomic E-state index is 0.191. The van der Waals surface area contributed by atoms with E-state index in [9.17, 15) is 4.39 Å². The molecule has 0 aliphatic carbocycles. The van der Waals surface area contributed by atoms with Crippen LogP contribution >= 0.6 is 11.6 Å². The molecule has 2 aliphatic heterocycles. The summed E-state index contributed by atoms with van der Waals surface area (Å²) in [5.41, 5.74) is 9.41. The van der Waals surface area contributed by atoms with E-state index in [2.05, 4.69) is 20.6 Å². The summed E-state index contributed by atoms with van der Waals surface area (Å²) in [5, 5.41) is 6.67. The average Bonchev–Trinajstić information content (AvgIpc) is 3.32. The lowest BCUT2D eigenvalue weighted by Crippen LogP contribution is -2.39. The summed E-state index contributed by atoms with van der Waals surface area (Å²) >= 11 is 6.51. The summed E-state index contributed by atoms with van der Waals surface area (Å²) < 4.78 is 24.6. The first-order valence-corrected chi connectivity index (χ1v) is 10.7. The maximum Gasteiger partial charge on any atom is 0.289 e. The van der Waals surface area contributed by atoms with E-state index in [0.29, 0.717) is 41.1 Å². The number of halogens is 2. The molecule has 3 aromatic rings. The Hall–Kier alpha value is -3.62. The van der Waals surface area contributed by atoms with E-state index in [0.717, 1.165) is 16.9 Å². The van der Waals surface area contributed by atoms with Gasteiger partial charge < -0.3 is 20.1 Å². The molecule has 168 valence electrons. The van der Waals surface area contributed by atoms with Crippen molar-refractivity contribution in [3.8, 4) is 5.75 Å². The van der Waals surface area contributed by atoms with Gasteiger partial charge in [-0.3, -0.25) is 5.73 Å². The van der Waals surface area contributed by atoms with E-state index in [1.165, 1.54) is 12.1 Å². The Morgan fingerprint density at radius 2 is 2.09 bits per heavy atom. The second-order valence-electron chi connectivity index (χ2n) is 7.65. The summed E-state index contributed by atoms with van der Waals surface area (Å²) in [5.74, 6) is 0.156. The summed E-state index contributed by atoms with van der Waals surface area (Å²) in [4.78, 5) is 8.79. The molecule has 9 heteroatoms. The van der Waals surface area contributed by atoms with Crippen LogP contribution in [0.15, 0.2) is 70.6 Å². The van der Waals surface area contributed by atoms with Gasteiger partial charge >= 0.3 is 0 Å². The zero-order valence-electron chi connectivity index (χ0n) is 17.5. The van der Waals surface area contributed by atoms with Crippen molar-refractivity contribution in [2.45, 2.75) is 12.3 Å². The number of hydrogen-bond acceptors (Lipinski definition) is 7. The van der Waals surface area contributed by atoms with Gasteiger partial charge in [0.2, 0.25) is 0 Å². The highest BCUT2D eigenvalue weighted by Gasteiger charge is 2.34. The van der Waals surface area contributed by atoms with Crippen LogP contribution in [0.2, 0.25) is 5.02 Å². The number of benzene rings is 3. The van der Waals surface area contributed by atoms with Gasteiger partial charge in [-0.1, -0.05) is 29.8 Å². The summed E-state index contributed by atoms with van der Waals surface area (Å²) in [6.45, 7) is 1.38. The monoisotopic (exact) mass is 465 g/mol. The first-order chi connectivity index (χ1) is 16.0. The van der Waals surface area contributed by atoms with Crippen molar-refractivity contribution in [3.63, 3.8) is 0 Å². The van der Waals surface area contributed by atoms with Crippen LogP contribution in [-0.2, 0) is 17.0 Å². The highest BCUT2D eigenvalue weighted by Crippen LogP contribution is 2.39. The normalized spacial score (nSPS) is 18.7. The number of aliphatic imine (C=N–C) groups is 2. The molecule has 0 radical (unpaired) electrons. The predicted octanol–water partition coefficient (Wildman–Crippen LogP) is 4.47. The first kappa shape index (κ1) is 21.2. The van der Waals surface area contributed by atoms with Gasteiger partial charge in [0.1, 0.15) is 24.8 Å². The molecule has 0 spiro atoms. The Labute approximate surface area is 195 Å². The highest BCUT2D eigenvalue weighted by atomic mass is 35.5. The molecule has 2 heterocycles. The van der Waals surface area contributed by atoms with Crippen molar-refractivity contribution in [1.29, 1.82) is 0 Å². The van der Waals surface area contributed by atoms with E-state index in [4.69, 9.17) is 26.8 Å². The van der Waals surface area contributed by atoms with Crippen molar-refractivity contribution in [2.24, 2.45) is 15.7 Å². The fraction of sp³-hybridized carbons (Fsp3) is 0.167. The Balaban J connectivity index is 1.41. The van der Waals surface area contributed by atoms with Crippen molar-refractivity contribution in [2.75, 3.05) is 23.8 Å². The topological polar surface area (TPSA) is 93.3 Å². The van der Waals surface area contributed by atoms with Gasteiger partial charge in [-0.2, -0.15) is 0 Å². The smallest absolute Gasteiger partial charge is 0.289 e. The third-order valence-corrected chi connectivity index (χ3v) is 5.71. The molecule has 0 aromatic heterocycles. The molecule has 2 aliphatic rings. The molecule has 1 atom stereocenters.